The third-order valence-electron chi connectivity index (χ3n) is 4.12. The molecule has 1 aliphatic rings. The van der Waals surface area contributed by atoms with Gasteiger partial charge < -0.3 is 15.4 Å². The van der Waals surface area contributed by atoms with Crippen molar-refractivity contribution in [3.8, 4) is 0 Å². The Morgan fingerprint density at radius 1 is 1.35 bits per heavy atom. The molecule has 0 aliphatic heterocycles. The fourth-order valence-corrected chi connectivity index (χ4v) is 3.15. The Hall–Kier alpha value is -1.88. The topological polar surface area (TPSA) is 68.2 Å². The molecule has 106 valence electrons. The van der Waals surface area contributed by atoms with E-state index in [1.165, 1.54) is 6.07 Å². The number of carbonyl (C=O) groups excluding carboxylic acids is 1. The highest BCUT2D eigenvalue weighted by Gasteiger charge is 2.27. The van der Waals surface area contributed by atoms with Crippen molar-refractivity contribution in [3.05, 3.63) is 35.8 Å². The molecular weight excluding hydrogens is 259 g/mol. The van der Waals surface area contributed by atoms with Crippen molar-refractivity contribution in [1.29, 1.82) is 0 Å². The van der Waals surface area contributed by atoms with E-state index in [9.17, 15) is 14.3 Å². The van der Waals surface area contributed by atoms with Crippen LogP contribution in [-0.4, -0.2) is 21.7 Å². The number of hydrogen-bond donors (Lipinski definition) is 2. The second kappa shape index (κ2) is 4.90. The number of benzene rings is 1. The Labute approximate surface area is 116 Å². The summed E-state index contributed by atoms with van der Waals surface area (Å²) in [6.07, 6.45) is 4.67. The minimum Gasteiger partial charge on any atom is -0.391 e. The predicted molar refractivity (Wildman–Crippen MR) is 73.9 cm³/mol. The zero-order valence-corrected chi connectivity index (χ0v) is 11.1. The maximum absolute atomic E-state index is 14.0. The van der Waals surface area contributed by atoms with Crippen molar-refractivity contribution in [3.63, 3.8) is 0 Å². The van der Waals surface area contributed by atoms with Crippen molar-refractivity contribution in [2.24, 2.45) is 5.73 Å². The zero-order chi connectivity index (χ0) is 14.3. The number of aromatic nitrogens is 1. The molecule has 0 saturated heterocycles. The van der Waals surface area contributed by atoms with E-state index in [4.69, 9.17) is 5.73 Å². The Morgan fingerprint density at radius 2 is 2.10 bits per heavy atom. The van der Waals surface area contributed by atoms with Crippen LogP contribution in [0.25, 0.3) is 10.9 Å². The van der Waals surface area contributed by atoms with Gasteiger partial charge in [-0.3, -0.25) is 4.79 Å². The van der Waals surface area contributed by atoms with E-state index < -0.39 is 17.8 Å². The molecular formula is C15H17FN2O2. The van der Waals surface area contributed by atoms with Gasteiger partial charge in [-0.2, -0.15) is 0 Å². The third-order valence-corrected chi connectivity index (χ3v) is 4.12. The number of hydrogen-bond acceptors (Lipinski definition) is 2. The number of rotatable bonds is 2. The molecule has 5 heteroatoms. The summed E-state index contributed by atoms with van der Waals surface area (Å²) in [4.78, 5) is 11.5. The number of aliphatic hydroxyl groups excluding tert-OH is 1. The molecule has 2 atom stereocenters. The average molecular weight is 276 g/mol. The molecule has 1 aromatic heterocycles. The van der Waals surface area contributed by atoms with E-state index in [-0.39, 0.29) is 17.0 Å². The van der Waals surface area contributed by atoms with Gasteiger partial charge in [0.05, 0.1) is 23.2 Å². The first kappa shape index (κ1) is 13.1. The van der Waals surface area contributed by atoms with Gasteiger partial charge >= 0.3 is 0 Å². The van der Waals surface area contributed by atoms with Crippen LogP contribution < -0.4 is 5.73 Å². The van der Waals surface area contributed by atoms with E-state index >= 15 is 0 Å². The van der Waals surface area contributed by atoms with Crippen LogP contribution in [0.3, 0.4) is 0 Å². The molecule has 0 unspecified atom stereocenters. The Balaban J connectivity index is 2.21. The average Bonchev–Trinajstić information content (AvgIpc) is 2.80. The molecule has 3 N–H and O–H groups in total. The lowest BCUT2D eigenvalue weighted by atomic mass is 9.92. The van der Waals surface area contributed by atoms with Gasteiger partial charge in [0, 0.05) is 11.6 Å². The first-order valence-corrected chi connectivity index (χ1v) is 6.86. The fraction of sp³-hybridized carbons (Fsp3) is 0.400. The van der Waals surface area contributed by atoms with Gasteiger partial charge in [0.1, 0.15) is 5.82 Å². The minimum absolute atomic E-state index is 0.124. The van der Waals surface area contributed by atoms with Crippen molar-refractivity contribution in [2.45, 2.75) is 37.8 Å². The number of fused-ring (bicyclic) bond motifs is 1. The van der Waals surface area contributed by atoms with Crippen molar-refractivity contribution < 1.29 is 14.3 Å². The number of halogens is 1. The molecule has 1 amide bonds. The van der Waals surface area contributed by atoms with Crippen LogP contribution in [0.2, 0.25) is 0 Å². The van der Waals surface area contributed by atoms with Gasteiger partial charge in [0.15, 0.2) is 0 Å². The summed E-state index contributed by atoms with van der Waals surface area (Å²) in [5, 5.41) is 10.4. The predicted octanol–water partition coefficient (Wildman–Crippen LogP) is 2.36. The van der Waals surface area contributed by atoms with Crippen LogP contribution in [0.15, 0.2) is 24.4 Å². The highest BCUT2D eigenvalue weighted by atomic mass is 19.1. The van der Waals surface area contributed by atoms with Gasteiger partial charge in [-0.15, -0.1) is 0 Å². The number of amides is 1. The molecule has 1 aliphatic carbocycles. The first-order valence-electron chi connectivity index (χ1n) is 6.86. The Morgan fingerprint density at radius 3 is 2.80 bits per heavy atom. The largest absolute Gasteiger partial charge is 0.391 e. The molecule has 1 aromatic carbocycles. The van der Waals surface area contributed by atoms with Gasteiger partial charge in [-0.1, -0.05) is 18.9 Å². The molecule has 2 aromatic rings. The molecule has 0 bridgehead atoms. The number of primary amides is 1. The zero-order valence-electron chi connectivity index (χ0n) is 11.1. The van der Waals surface area contributed by atoms with Gasteiger partial charge in [0.2, 0.25) is 0 Å². The van der Waals surface area contributed by atoms with E-state index in [1.807, 2.05) is 4.57 Å². The number of carbonyl (C=O) groups is 1. The monoisotopic (exact) mass is 276 g/mol. The Kier molecular flexibility index (Phi) is 3.22. The van der Waals surface area contributed by atoms with E-state index in [0.29, 0.717) is 5.52 Å². The van der Waals surface area contributed by atoms with Gasteiger partial charge in [-0.25, -0.2) is 4.39 Å². The quantitative estimate of drug-likeness (QED) is 0.884. The minimum atomic E-state index is -0.649. The van der Waals surface area contributed by atoms with E-state index in [2.05, 4.69) is 0 Å². The first-order chi connectivity index (χ1) is 9.59. The van der Waals surface area contributed by atoms with Crippen LogP contribution in [0.5, 0.6) is 0 Å². The molecule has 4 nitrogen and oxygen atoms in total. The fourth-order valence-electron chi connectivity index (χ4n) is 3.15. The molecule has 1 fully saturated rings. The molecule has 0 spiro atoms. The second-order valence-electron chi connectivity index (χ2n) is 5.37. The maximum atomic E-state index is 14.0. The molecule has 20 heavy (non-hydrogen) atoms. The lowest BCUT2D eigenvalue weighted by Crippen LogP contribution is -2.27. The Bertz CT molecular complexity index is 665. The van der Waals surface area contributed by atoms with Crippen LogP contribution in [0, 0.1) is 5.82 Å². The number of nitrogens with two attached hydrogens (primary N) is 1. The van der Waals surface area contributed by atoms with Crippen molar-refractivity contribution >= 4 is 16.8 Å². The number of nitrogens with zero attached hydrogens (tertiary/aromatic N) is 1. The molecule has 3 rings (SSSR count). The van der Waals surface area contributed by atoms with E-state index in [0.717, 1.165) is 25.7 Å². The van der Waals surface area contributed by atoms with E-state index in [1.54, 1.807) is 18.3 Å². The van der Waals surface area contributed by atoms with Crippen LogP contribution in [-0.2, 0) is 0 Å². The smallest absolute Gasteiger partial charge is 0.250 e. The summed E-state index contributed by atoms with van der Waals surface area (Å²) in [7, 11) is 0. The van der Waals surface area contributed by atoms with Gasteiger partial charge in [-0.05, 0) is 25.0 Å². The normalized spacial score (nSPS) is 23.1. The maximum Gasteiger partial charge on any atom is 0.250 e. The lowest BCUT2D eigenvalue weighted by Gasteiger charge is -2.29. The summed E-state index contributed by atoms with van der Waals surface area (Å²) in [5.74, 6) is -1.11. The standard InChI is InChI=1S/C15H17FN2O2/c16-10-4-3-6-12-14(10)9(15(17)20)8-18(12)11-5-1-2-7-13(11)19/h3-4,6,8,11,13,19H,1-2,5,7H2,(H2,17,20)/t11-,13-/m0/s1. The SMILES string of the molecule is NC(=O)c1cn([C@H]2CCCC[C@@H]2O)c2cccc(F)c12. The summed E-state index contributed by atoms with van der Waals surface area (Å²) in [6.45, 7) is 0. The lowest BCUT2D eigenvalue weighted by molar-refractivity contribution is 0.0773. The molecule has 1 heterocycles. The van der Waals surface area contributed by atoms with Gasteiger partial charge in [0.25, 0.3) is 5.91 Å². The van der Waals surface area contributed by atoms with Crippen LogP contribution in [0.4, 0.5) is 4.39 Å². The highest BCUT2D eigenvalue weighted by Crippen LogP contribution is 2.34. The van der Waals surface area contributed by atoms with Crippen molar-refractivity contribution in [1.82, 2.24) is 4.57 Å². The second-order valence-corrected chi connectivity index (χ2v) is 5.37. The van der Waals surface area contributed by atoms with Crippen molar-refractivity contribution in [2.75, 3.05) is 0 Å². The molecule has 0 radical (unpaired) electrons. The number of aliphatic hydroxyl groups is 1. The van der Waals surface area contributed by atoms with Crippen LogP contribution in [0.1, 0.15) is 42.1 Å². The van der Waals surface area contributed by atoms with Crippen LogP contribution >= 0.6 is 0 Å². The summed E-state index contributed by atoms with van der Waals surface area (Å²) in [6, 6.07) is 4.55. The molecule has 1 saturated carbocycles. The highest BCUT2D eigenvalue weighted by molar-refractivity contribution is 6.06. The summed E-state index contributed by atoms with van der Waals surface area (Å²) < 4.78 is 15.8. The third kappa shape index (κ3) is 1.98. The summed E-state index contributed by atoms with van der Waals surface area (Å²) >= 11 is 0. The summed E-state index contributed by atoms with van der Waals surface area (Å²) in [5.41, 5.74) is 6.14.